The first kappa shape index (κ1) is 24.5. The summed E-state index contributed by atoms with van der Waals surface area (Å²) in [5.74, 6) is -0.509. The fourth-order valence-electron chi connectivity index (χ4n) is 5.31. The van der Waals surface area contributed by atoms with Crippen LogP contribution in [0.15, 0.2) is 47.5 Å². The zero-order valence-electron chi connectivity index (χ0n) is 19.6. The molecule has 0 radical (unpaired) electrons. The molecule has 5 rings (SSSR count). The lowest BCUT2D eigenvalue weighted by Gasteiger charge is -2.40. The van der Waals surface area contributed by atoms with Crippen LogP contribution < -0.4 is 5.69 Å². The second-order valence-electron chi connectivity index (χ2n) is 9.65. The second-order valence-corrected chi connectivity index (χ2v) is 9.65. The maximum atomic E-state index is 15.7. The van der Waals surface area contributed by atoms with Crippen LogP contribution in [0.1, 0.15) is 42.9 Å². The number of nitrogens with zero attached hydrogens (tertiary/aromatic N) is 4. The van der Waals surface area contributed by atoms with E-state index in [0.717, 1.165) is 17.7 Å². The quantitative estimate of drug-likeness (QED) is 0.546. The molecule has 0 saturated carbocycles. The monoisotopic (exact) mass is 505 g/mol. The van der Waals surface area contributed by atoms with Crippen LogP contribution in [0.5, 0.6) is 0 Å². The average Bonchev–Trinajstić information content (AvgIpc) is 3.20. The molecule has 3 aromatic rings. The molecule has 2 aliphatic rings. The maximum Gasteiger partial charge on any atom is 0.416 e. The number of H-pyrrole nitrogens is 1. The fraction of sp³-hybridized carbons (Fsp3) is 0.480. The molecule has 192 valence electrons. The van der Waals surface area contributed by atoms with Gasteiger partial charge in [0.1, 0.15) is 0 Å². The summed E-state index contributed by atoms with van der Waals surface area (Å²) >= 11 is 0. The summed E-state index contributed by atoms with van der Waals surface area (Å²) < 4.78 is 56.2. The van der Waals surface area contributed by atoms with Crippen molar-refractivity contribution in [3.63, 3.8) is 0 Å². The summed E-state index contributed by atoms with van der Waals surface area (Å²) in [4.78, 5) is 35.8. The molecule has 2 fully saturated rings. The molecule has 0 atom stereocenters. The number of alkyl halides is 4. The lowest BCUT2D eigenvalue weighted by atomic mass is 9.90. The Hall–Kier alpha value is -3.21. The zero-order valence-corrected chi connectivity index (χ0v) is 19.6. The average molecular weight is 506 g/mol. The Morgan fingerprint density at radius 1 is 1.06 bits per heavy atom. The molecule has 7 nitrogen and oxygen atoms in total. The number of piperidine rings is 2. The number of halogens is 4. The van der Waals surface area contributed by atoms with Crippen molar-refractivity contribution >= 4 is 16.9 Å². The molecule has 0 bridgehead atoms. The molecule has 36 heavy (non-hydrogen) atoms. The Labute approximate surface area is 204 Å². The molecule has 1 aromatic carbocycles. The summed E-state index contributed by atoms with van der Waals surface area (Å²) in [6, 6.07) is 6.73. The van der Waals surface area contributed by atoms with Crippen LogP contribution in [-0.4, -0.2) is 62.1 Å². The second kappa shape index (κ2) is 9.34. The number of benzene rings is 1. The highest BCUT2D eigenvalue weighted by molar-refractivity contribution is 5.85. The molecule has 1 N–H and O–H groups in total. The number of hydrogen-bond donors (Lipinski definition) is 1. The zero-order chi connectivity index (χ0) is 25.5. The minimum absolute atomic E-state index is 0.120. The van der Waals surface area contributed by atoms with Crippen molar-refractivity contribution in [2.45, 2.75) is 50.1 Å². The van der Waals surface area contributed by atoms with Crippen LogP contribution in [0, 0.1) is 0 Å². The fourth-order valence-corrected chi connectivity index (χ4v) is 5.31. The van der Waals surface area contributed by atoms with Crippen molar-refractivity contribution in [1.82, 2.24) is 24.3 Å². The molecule has 0 unspecified atom stereocenters. The van der Waals surface area contributed by atoms with Gasteiger partial charge in [-0.25, -0.2) is 9.18 Å². The van der Waals surface area contributed by atoms with Crippen LogP contribution in [0.25, 0.3) is 11.0 Å². The summed E-state index contributed by atoms with van der Waals surface area (Å²) in [5, 5.41) is 0. The molecule has 2 aromatic heterocycles. The SMILES string of the molecule is O=C(N1CCC(n2c(=O)[nH]c3cc(C(F)(F)F)ccc32)CC1)C1(F)CCN(Cc2ccncc2)CC1. The number of rotatable bonds is 4. The number of amides is 1. The number of nitrogens with one attached hydrogen (secondary N) is 1. The molecule has 0 aliphatic carbocycles. The van der Waals surface area contributed by atoms with Crippen molar-refractivity contribution in [2.24, 2.45) is 0 Å². The van der Waals surface area contributed by atoms with Gasteiger partial charge in [0, 0.05) is 64.0 Å². The third-order valence-electron chi connectivity index (χ3n) is 7.35. The van der Waals surface area contributed by atoms with Crippen LogP contribution >= 0.6 is 0 Å². The van der Waals surface area contributed by atoms with Gasteiger partial charge < -0.3 is 9.88 Å². The Bertz CT molecular complexity index is 1290. The van der Waals surface area contributed by atoms with E-state index in [1.54, 1.807) is 12.4 Å². The van der Waals surface area contributed by atoms with Crippen molar-refractivity contribution < 1.29 is 22.4 Å². The predicted molar refractivity (Wildman–Crippen MR) is 125 cm³/mol. The van der Waals surface area contributed by atoms with Gasteiger partial charge in [-0.3, -0.25) is 19.2 Å². The largest absolute Gasteiger partial charge is 0.416 e. The van der Waals surface area contributed by atoms with Crippen molar-refractivity contribution in [3.05, 3.63) is 64.3 Å². The van der Waals surface area contributed by atoms with E-state index in [2.05, 4.69) is 14.9 Å². The van der Waals surface area contributed by atoms with Gasteiger partial charge in [0.05, 0.1) is 16.6 Å². The van der Waals surface area contributed by atoms with Crippen molar-refractivity contribution in [3.8, 4) is 0 Å². The first-order valence-electron chi connectivity index (χ1n) is 12.0. The van der Waals surface area contributed by atoms with E-state index in [0.29, 0.717) is 38.0 Å². The van der Waals surface area contributed by atoms with Crippen LogP contribution in [0.3, 0.4) is 0 Å². The number of imidazole rings is 1. The number of carbonyl (C=O) groups excluding carboxylic acids is 1. The molecule has 2 aliphatic heterocycles. The van der Waals surface area contributed by atoms with Gasteiger partial charge in [-0.1, -0.05) is 0 Å². The van der Waals surface area contributed by atoms with Gasteiger partial charge in [-0.05, 0) is 48.7 Å². The topological polar surface area (TPSA) is 74.2 Å². The standard InChI is InChI=1S/C25H27F4N5O2/c26-24(7-13-32(14-8-24)16-17-3-9-30-10-4-17)22(35)33-11-5-19(6-12-33)34-21-2-1-18(25(27,28)29)15-20(21)31-23(34)36/h1-4,9-10,15,19H,5-8,11-14,16H2,(H,31,36). The summed E-state index contributed by atoms with van der Waals surface area (Å²) in [5.41, 5.74) is -1.63. The normalized spacial score (nSPS) is 19.6. The molecule has 0 spiro atoms. The first-order valence-corrected chi connectivity index (χ1v) is 12.0. The molecule has 4 heterocycles. The predicted octanol–water partition coefficient (Wildman–Crippen LogP) is 3.91. The van der Waals surface area contributed by atoms with E-state index >= 15 is 4.39 Å². The minimum Gasteiger partial charge on any atom is -0.340 e. The molecular formula is C25H27F4N5O2. The molecular weight excluding hydrogens is 478 g/mol. The minimum atomic E-state index is -4.50. The molecule has 11 heteroatoms. The lowest BCUT2D eigenvalue weighted by Crippen LogP contribution is -2.54. The van der Waals surface area contributed by atoms with Gasteiger partial charge in [-0.15, -0.1) is 0 Å². The highest BCUT2D eigenvalue weighted by Gasteiger charge is 2.45. The first-order chi connectivity index (χ1) is 17.1. The van der Waals surface area contributed by atoms with Gasteiger partial charge >= 0.3 is 11.9 Å². The van der Waals surface area contributed by atoms with E-state index in [1.807, 2.05) is 12.1 Å². The maximum absolute atomic E-state index is 15.7. The van der Waals surface area contributed by atoms with Crippen LogP contribution in [0.2, 0.25) is 0 Å². The van der Waals surface area contributed by atoms with Crippen LogP contribution in [-0.2, 0) is 17.5 Å². The van der Waals surface area contributed by atoms with Gasteiger partial charge in [-0.2, -0.15) is 13.2 Å². The van der Waals surface area contributed by atoms with E-state index < -0.39 is 29.0 Å². The number of likely N-dealkylation sites (tertiary alicyclic amines) is 2. The lowest BCUT2D eigenvalue weighted by molar-refractivity contribution is -0.149. The summed E-state index contributed by atoms with van der Waals surface area (Å²) in [7, 11) is 0. The summed E-state index contributed by atoms with van der Waals surface area (Å²) in [6.07, 6.45) is 0.0245. The number of hydrogen-bond acceptors (Lipinski definition) is 4. The van der Waals surface area contributed by atoms with Crippen LogP contribution in [0.4, 0.5) is 17.6 Å². The van der Waals surface area contributed by atoms with Gasteiger partial charge in [0.15, 0.2) is 5.67 Å². The third kappa shape index (κ3) is 4.76. The van der Waals surface area contributed by atoms with E-state index in [-0.39, 0.29) is 37.5 Å². The van der Waals surface area contributed by atoms with Crippen molar-refractivity contribution in [2.75, 3.05) is 26.2 Å². The molecule has 2 saturated heterocycles. The Kier molecular flexibility index (Phi) is 6.36. The van der Waals surface area contributed by atoms with E-state index in [1.165, 1.54) is 15.5 Å². The van der Waals surface area contributed by atoms with E-state index in [4.69, 9.17) is 0 Å². The Balaban J connectivity index is 1.21. The third-order valence-corrected chi connectivity index (χ3v) is 7.35. The number of aromatic amines is 1. The Morgan fingerprint density at radius 2 is 1.72 bits per heavy atom. The van der Waals surface area contributed by atoms with E-state index in [9.17, 15) is 22.8 Å². The highest BCUT2D eigenvalue weighted by Crippen LogP contribution is 2.34. The number of carbonyl (C=O) groups is 1. The smallest absolute Gasteiger partial charge is 0.340 e. The highest BCUT2D eigenvalue weighted by atomic mass is 19.4. The number of aromatic nitrogens is 3. The van der Waals surface area contributed by atoms with Gasteiger partial charge in [0.2, 0.25) is 0 Å². The molecule has 1 amide bonds. The number of pyridine rings is 1. The summed E-state index contributed by atoms with van der Waals surface area (Å²) in [6.45, 7) is 2.21. The number of fused-ring (bicyclic) bond motifs is 1. The van der Waals surface area contributed by atoms with Gasteiger partial charge in [0.25, 0.3) is 5.91 Å². The Morgan fingerprint density at radius 3 is 2.36 bits per heavy atom. The van der Waals surface area contributed by atoms with Crippen molar-refractivity contribution in [1.29, 1.82) is 0 Å².